The molecule has 0 unspecified atom stereocenters. The molecule has 0 aromatic carbocycles. The molecule has 5 heteroatoms. The third-order valence-corrected chi connectivity index (χ3v) is 2.92. The molecular formula is C13H26N2O3. The van der Waals surface area contributed by atoms with Crippen molar-refractivity contribution in [1.29, 1.82) is 0 Å². The zero-order chi connectivity index (χ0) is 13.8. The quantitative estimate of drug-likeness (QED) is 0.268. The molecule has 106 valence electrons. The van der Waals surface area contributed by atoms with Gasteiger partial charge in [-0.25, -0.2) is 5.01 Å². The molecule has 0 radical (unpaired) electrons. The lowest BCUT2D eigenvalue weighted by atomic mass is 10.1. The number of amides is 2. The van der Waals surface area contributed by atoms with Crippen molar-refractivity contribution in [3.05, 3.63) is 0 Å². The lowest BCUT2D eigenvalue weighted by Gasteiger charge is -2.24. The van der Waals surface area contributed by atoms with Gasteiger partial charge in [0.15, 0.2) is 0 Å². The van der Waals surface area contributed by atoms with Crippen LogP contribution >= 0.6 is 0 Å². The molecule has 0 spiro atoms. The van der Waals surface area contributed by atoms with Crippen LogP contribution in [0.4, 0.5) is 0 Å². The fourth-order valence-electron chi connectivity index (χ4n) is 1.85. The Labute approximate surface area is 110 Å². The van der Waals surface area contributed by atoms with Gasteiger partial charge < -0.3 is 0 Å². The molecule has 0 aromatic heterocycles. The summed E-state index contributed by atoms with van der Waals surface area (Å²) in [5.41, 5.74) is 0. The van der Waals surface area contributed by atoms with E-state index in [1.165, 1.54) is 25.7 Å². The Morgan fingerprint density at radius 2 is 1.61 bits per heavy atom. The van der Waals surface area contributed by atoms with Crippen LogP contribution in [0.25, 0.3) is 0 Å². The van der Waals surface area contributed by atoms with E-state index in [0.29, 0.717) is 18.1 Å². The van der Waals surface area contributed by atoms with Crippen LogP contribution in [0.3, 0.4) is 0 Å². The Hall–Kier alpha value is -1.10. The van der Waals surface area contributed by atoms with Gasteiger partial charge in [0.2, 0.25) is 5.91 Å². The van der Waals surface area contributed by atoms with Gasteiger partial charge in [-0.3, -0.25) is 14.8 Å². The molecule has 5 nitrogen and oxygen atoms in total. The fourth-order valence-corrected chi connectivity index (χ4v) is 1.85. The largest absolute Gasteiger partial charge is 0.274 e. The van der Waals surface area contributed by atoms with Gasteiger partial charge in [-0.05, 0) is 13.3 Å². The van der Waals surface area contributed by atoms with E-state index >= 15 is 0 Å². The lowest BCUT2D eigenvalue weighted by Crippen LogP contribution is -2.43. The van der Waals surface area contributed by atoms with E-state index in [-0.39, 0.29) is 12.3 Å². The highest BCUT2D eigenvalue weighted by atomic mass is 16.6. The van der Waals surface area contributed by atoms with Gasteiger partial charge in [-0.2, -0.15) is 0 Å². The van der Waals surface area contributed by atoms with Crippen molar-refractivity contribution < 1.29 is 14.8 Å². The van der Waals surface area contributed by atoms with Gasteiger partial charge in [0.05, 0.1) is 0 Å². The SMILES string of the molecule is CCCCCCCCCC(=O)N(CC)N(O)C=O. The summed E-state index contributed by atoms with van der Waals surface area (Å²) >= 11 is 0. The van der Waals surface area contributed by atoms with Gasteiger partial charge in [-0.15, -0.1) is 5.17 Å². The zero-order valence-corrected chi connectivity index (χ0v) is 11.6. The van der Waals surface area contributed by atoms with Gasteiger partial charge in [0.1, 0.15) is 0 Å². The standard InChI is InChI=1S/C13H26N2O3/c1-3-5-6-7-8-9-10-11-13(17)14(4-2)15(18)12-16/h12,18H,3-11H2,1-2H3. The molecule has 1 N–H and O–H groups in total. The first kappa shape index (κ1) is 16.9. The van der Waals surface area contributed by atoms with Crippen molar-refractivity contribution in [3.8, 4) is 0 Å². The molecule has 18 heavy (non-hydrogen) atoms. The van der Waals surface area contributed by atoms with Crippen molar-refractivity contribution in [2.24, 2.45) is 0 Å². The summed E-state index contributed by atoms with van der Waals surface area (Å²) in [6.45, 7) is 4.20. The van der Waals surface area contributed by atoms with Gasteiger partial charge in [0.25, 0.3) is 6.41 Å². The second-order valence-electron chi connectivity index (χ2n) is 4.41. The van der Waals surface area contributed by atoms with E-state index in [0.717, 1.165) is 24.3 Å². The van der Waals surface area contributed by atoms with Crippen LogP contribution in [0.1, 0.15) is 65.2 Å². The van der Waals surface area contributed by atoms with Crippen LogP contribution < -0.4 is 0 Å². The minimum Gasteiger partial charge on any atom is -0.274 e. The van der Waals surface area contributed by atoms with Crippen molar-refractivity contribution >= 4 is 12.3 Å². The third-order valence-electron chi connectivity index (χ3n) is 2.92. The molecule has 0 saturated heterocycles. The Balaban J connectivity index is 3.65. The number of carbonyl (C=O) groups is 2. The van der Waals surface area contributed by atoms with Crippen molar-refractivity contribution in [1.82, 2.24) is 10.2 Å². The molecule has 0 heterocycles. The lowest BCUT2D eigenvalue weighted by molar-refractivity contribution is -0.224. The van der Waals surface area contributed by atoms with Gasteiger partial charge in [-0.1, -0.05) is 45.4 Å². The number of hydrogen-bond acceptors (Lipinski definition) is 3. The number of hydrazine groups is 1. The summed E-state index contributed by atoms with van der Waals surface area (Å²) in [6.07, 6.45) is 8.60. The van der Waals surface area contributed by atoms with Crippen LogP contribution in [0.15, 0.2) is 0 Å². The average molecular weight is 258 g/mol. The molecule has 0 fully saturated rings. The maximum atomic E-state index is 11.7. The predicted octanol–water partition coefficient (Wildman–Crippen LogP) is 2.74. The maximum Gasteiger partial charge on any atom is 0.254 e. The van der Waals surface area contributed by atoms with Crippen LogP contribution in [-0.4, -0.2) is 34.3 Å². The molecule has 0 bridgehead atoms. The summed E-state index contributed by atoms with van der Waals surface area (Å²) in [5.74, 6) is -0.208. The van der Waals surface area contributed by atoms with Crippen LogP contribution in [-0.2, 0) is 9.59 Å². The summed E-state index contributed by atoms with van der Waals surface area (Å²) in [5, 5.41) is 10.5. The molecule has 0 rings (SSSR count). The summed E-state index contributed by atoms with van der Waals surface area (Å²) in [4.78, 5) is 22.0. The number of unbranched alkanes of at least 4 members (excludes halogenated alkanes) is 6. The molecule has 0 aliphatic rings. The van der Waals surface area contributed by atoms with E-state index in [1.54, 1.807) is 6.92 Å². The summed E-state index contributed by atoms with van der Waals surface area (Å²) < 4.78 is 0. The molecular weight excluding hydrogens is 232 g/mol. The van der Waals surface area contributed by atoms with E-state index in [2.05, 4.69) is 6.92 Å². The Morgan fingerprint density at radius 3 is 2.11 bits per heavy atom. The number of hydrogen-bond donors (Lipinski definition) is 1. The van der Waals surface area contributed by atoms with E-state index in [4.69, 9.17) is 5.21 Å². The Kier molecular flexibility index (Phi) is 10.3. The van der Waals surface area contributed by atoms with E-state index in [9.17, 15) is 9.59 Å². The second-order valence-corrected chi connectivity index (χ2v) is 4.41. The topological polar surface area (TPSA) is 60.9 Å². The minimum atomic E-state index is -0.208. The Morgan fingerprint density at radius 1 is 1.06 bits per heavy atom. The molecule has 2 amide bonds. The van der Waals surface area contributed by atoms with Gasteiger partial charge >= 0.3 is 0 Å². The predicted molar refractivity (Wildman–Crippen MR) is 69.7 cm³/mol. The molecule has 0 saturated carbocycles. The average Bonchev–Trinajstić information content (AvgIpc) is 2.38. The highest BCUT2D eigenvalue weighted by Gasteiger charge is 2.16. The first-order chi connectivity index (χ1) is 8.67. The minimum absolute atomic E-state index is 0.208. The first-order valence-electron chi connectivity index (χ1n) is 6.91. The smallest absolute Gasteiger partial charge is 0.254 e. The molecule has 0 aromatic rings. The zero-order valence-electron chi connectivity index (χ0n) is 11.6. The number of hydroxylamine groups is 1. The van der Waals surface area contributed by atoms with Crippen molar-refractivity contribution in [3.63, 3.8) is 0 Å². The van der Waals surface area contributed by atoms with Crippen molar-refractivity contribution in [2.75, 3.05) is 6.54 Å². The number of nitrogens with zero attached hydrogens (tertiary/aromatic N) is 2. The maximum absolute atomic E-state index is 11.7. The van der Waals surface area contributed by atoms with E-state index < -0.39 is 0 Å². The molecule has 0 aliphatic heterocycles. The van der Waals surface area contributed by atoms with Crippen LogP contribution in [0, 0.1) is 0 Å². The van der Waals surface area contributed by atoms with Crippen LogP contribution in [0.2, 0.25) is 0 Å². The summed E-state index contributed by atoms with van der Waals surface area (Å²) in [6, 6.07) is 0. The fraction of sp³-hybridized carbons (Fsp3) is 0.846. The highest BCUT2D eigenvalue weighted by molar-refractivity contribution is 5.76. The molecule has 0 aliphatic carbocycles. The normalized spacial score (nSPS) is 10.2. The first-order valence-corrected chi connectivity index (χ1v) is 6.91. The third kappa shape index (κ3) is 7.27. The Bertz CT molecular complexity index is 234. The molecule has 0 atom stereocenters. The van der Waals surface area contributed by atoms with Crippen LogP contribution in [0.5, 0.6) is 0 Å². The monoisotopic (exact) mass is 258 g/mol. The summed E-state index contributed by atoms with van der Waals surface area (Å²) in [7, 11) is 0. The highest BCUT2D eigenvalue weighted by Crippen LogP contribution is 2.09. The van der Waals surface area contributed by atoms with Gasteiger partial charge in [0, 0.05) is 13.0 Å². The number of rotatable bonds is 11. The van der Waals surface area contributed by atoms with Crippen molar-refractivity contribution in [2.45, 2.75) is 65.2 Å². The number of carbonyl (C=O) groups excluding carboxylic acids is 2. The van der Waals surface area contributed by atoms with E-state index in [1.807, 2.05) is 0 Å². The second kappa shape index (κ2) is 11.0.